The van der Waals surface area contributed by atoms with Crippen molar-refractivity contribution in [3.8, 4) is 0 Å². The van der Waals surface area contributed by atoms with E-state index in [0.29, 0.717) is 0 Å². The quantitative estimate of drug-likeness (QED) is 0.591. The Morgan fingerprint density at radius 2 is 1.69 bits per heavy atom. The van der Waals surface area contributed by atoms with Gasteiger partial charge in [0.15, 0.2) is 9.04 Å². The summed E-state index contributed by atoms with van der Waals surface area (Å²) in [5.41, 5.74) is 0. The van der Waals surface area contributed by atoms with Crippen LogP contribution in [0.4, 0.5) is 0 Å². The average Bonchev–Trinajstić information content (AvgIpc) is 2.04. The Balaban J connectivity index is 2.81. The minimum Gasteiger partial charge on any atom is -0.434 e. The van der Waals surface area contributed by atoms with Gasteiger partial charge in [-0.25, -0.2) is 0 Å². The van der Waals surface area contributed by atoms with Gasteiger partial charge in [-0.1, -0.05) is 30.3 Å². The molecule has 0 aliphatic rings. The smallest absolute Gasteiger partial charge is 0.413 e. The van der Waals surface area contributed by atoms with E-state index in [1.165, 1.54) is 0 Å². The summed E-state index contributed by atoms with van der Waals surface area (Å²) in [5, 5.41) is 0.930. The number of hydrogen-bond acceptors (Lipinski definition) is 1. The molecule has 1 nitrogen and oxygen atoms in total. The van der Waals surface area contributed by atoms with Crippen molar-refractivity contribution in [3.05, 3.63) is 30.3 Å². The molecular weight excluding hydrogens is 239 g/mol. The fraction of sp³-hybridized carbons (Fsp3) is 0.250. The molecule has 0 radical (unpaired) electrons. The molecule has 0 saturated heterocycles. The summed E-state index contributed by atoms with van der Waals surface area (Å²) in [4.78, 5) is 0. The molecule has 5 heteroatoms. The second-order valence-electron chi connectivity index (χ2n) is 3.05. The van der Waals surface area contributed by atoms with Crippen molar-refractivity contribution in [1.82, 2.24) is 0 Å². The predicted octanol–water partition coefficient (Wildman–Crippen LogP) is 2.31. The maximum absolute atomic E-state index is 6.17. The second-order valence-corrected chi connectivity index (χ2v) is 11.5. The van der Waals surface area contributed by atoms with Crippen LogP contribution >= 0.6 is 22.2 Å². The summed E-state index contributed by atoms with van der Waals surface area (Å²) in [5.74, 6) is 0. The van der Waals surface area contributed by atoms with Crippen molar-refractivity contribution in [1.29, 1.82) is 0 Å². The topological polar surface area (TPSA) is 9.23 Å². The van der Waals surface area contributed by atoms with E-state index in [2.05, 4.69) is 13.1 Å². The Morgan fingerprint density at radius 3 is 2.15 bits per heavy atom. The van der Waals surface area contributed by atoms with E-state index in [1.54, 1.807) is 0 Å². The highest BCUT2D eigenvalue weighted by atomic mass is 35.7. The molecule has 0 fully saturated rings. The number of rotatable bonds is 3. The lowest BCUT2D eigenvalue weighted by atomic mass is 10.4. The summed E-state index contributed by atoms with van der Waals surface area (Å²) in [7, 11) is -1.17. The van der Waals surface area contributed by atoms with E-state index < -0.39 is 16.0 Å². The molecule has 0 unspecified atom stereocenters. The van der Waals surface area contributed by atoms with Crippen molar-refractivity contribution in [2.75, 3.05) is 0 Å². The molecule has 0 saturated carbocycles. The minimum absolute atomic E-state index is 0.930. The Hall–Kier alpha value is 0.194. The van der Waals surface area contributed by atoms with Crippen molar-refractivity contribution < 1.29 is 4.12 Å². The van der Waals surface area contributed by atoms with Gasteiger partial charge < -0.3 is 4.12 Å². The van der Waals surface area contributed by atoms with Gasteiger partial charge in [0.05, 0.1) is 0 Å². The first-order chi connectivity index (χ1) is 6.02. The molecule has 13 heavy (non-hydrogen) atoms. The molecule has 0 aliphatic carbocycles. The summed E-state index contributed by atoms with van der Waals surface area (Å²) in [6.45, 7) is 1.49. The highest BCUT2D eigenvalue weighted by molar-refractivity contribution is 7.48. The van der Waals surface area contributed by atoms with Gasteiger partial charge in [0.2, 0.25) is 0 Å². The molecule has 1 aromatic rings. The lowest BCUT2D eigenvalue weighted by molar-refractivity contribution is 0.619. The van der Waals surface area contributed by atoms with Crippen LogP contribution in [0.5, 0.6) is 0 Å². The molecule has 72 valence electrons. The van der Waals surface area contributed by atoms with Gasteiger partial charge in [-0.15, -0.1) is 22.2 Å². The largest absolute Gasteiger partial charge is 0.434 e. The number of hydrogen-bond donors (Lipinski definition) is 0. The van der Waals surface area contributed by atoms with Gasteiger partial charge in [0.1, 0.15) is 0 Å². The fourth-order valence-corrected chi connectivity index (χ4v) is 8.45. The van der Waals surface area contributed by atoms with E-state index in [9.17, 15) is 0 Å². The van der Waals surface area contributed by atoms with Gasteiger partial charge in [-0.05, 0) is 18.3 Å². The first-order valence-electron chi connectivity index (χ1n) is 4.13. The third kappa shape index (κ3) is 3.44. The molecule has 0 amide bonds. The first kappa shape index (κ1) is 11.3. The fourth-order valence-electron chi connectivity index (χ4n) is 0.996. The van der Waals surface area contributed by atoms with E-state index in [4.69, 9.17) is 26.3 Å². The Labute approximate surface area is 90.9 Å². The van der Waals surface area contributed by atoms with Crippen LogP contribution in [-0.2, 0) is 4.12 Å². The van der Waals surface area contributed by atoms with Crippen LogP contribution < -0.4 is 5.19 Å². The summed E-state index contributed by atoms with van der Waals surface area (Å²) in [6.07, 6.45) is 0. The molecule has 0 bridgehead atoms. The molecule has 0 atom stereocenters. The summed E-state index contributed by atoms with van der Waals surface area (Å²) in [6, 6.07) is 9.63. The average molecular weight is 251 g/mol. The lowest BCUT2D eigenvalue weighted by Gasteiger charge is -2.20. The molecular formula is C8H12Cl2OSi2. The second kappa shape index (κ2) is 4.62. The van der Waals surface area contributed by atoms with Gasteiger partial charge in [0.25, 0.3) is 0 Å². The Kier molecular flexibility index (Phi) is 4.00. The number of halogens is 2. The van der Waals surface area contributed by atoms with Crippen LogP contribution in [0.25, 0.3) is 0 Å². The molecule has 0 aliphatic heterocycles. The van der Waals surface area contributed by atoms with Crippen LogP contribution in [0.1, 0.15) is 0 Å². The maximum atomic E-state index is 6.17. The Bertz CT molecular complexity index is 264. The lowest BCUT2D eigenvalue weighted by Crippen LogP contribution is -2.43. The third-order valence-electron chi connectivity index (χ3n) is 1.49. The van der Waals surface area contributed by atoms with Crippen molar-refractivity contribution in [2.24, 2.45) is 0 Å². The van der Waals surface area contributed by atoms with E-state index >= 15 is 0 Å². The van der Waals surface area contributed by atoms with Crippen LogP contribution in [0.3, 0.4) is 0 Å². The zero-order valence-electron chi connectivity index (χ0n) is 7.63. The molecule has 1 rings (SSSR count). The van der Waals surface area contributed by atoms with Crippen molar-refractivity contribution in [2.45, 2.75) is 13.1 Å². The van der Waals surface area contributed by atoms with Crippen LogP contribution in [-0.4, -0.2) is 16.0 Å². The van der Waals surface area contributed by atoms with Gasteiger partial charge in [0, 0.05) is 0 Å². The molecule has 0 aromatic heterocycles. The highest BCUT2D eigenvalue weighted by Gasteiger charge is 2.33. The van der Waals surface area contributed by atoms with E-state index in [-0.39, 0.29) is 0 Å². The third-order valence-corrected chi connectivity index (χ3v) is 8.48. The highest BCUT2D eigenvalue weighted by Crippen LogP contribution is 2.17. The van der Waals surface area contributed by atoms with Crippen molar-refractivity contribution >= 4 is 43.3 Å². The minimum atomic E-state index is -2.64. The van der Waals surface area contributed by atoms with Crippen LogP contribution in [0.2, 0.25) is 13.1 Å². The van der Waals surface area contributed by atoms with E-state index in [0.717, 1.165) is 5.19 Å². The first-order valence-corrected chi connectivity index (χ1v) is 10.8. The maximum Gasteiger partial charge on any atom is 0.413 e. The molecule has 0 spiro atoms. The van der Waals surface area contributed by atoms with Crippen LogP contribution in [0, 0.1) is 0 Å². The van der Waals surface area contributed by atoms with Crippen LogP contribution in [0.15, 0.2) is 30.3 Å². The zero-order chi connectivity index (χ0) is 9.90. The van der Waals surface area contributed by atoms with Gasteiger partial charge >= 0.3 is 6.94 Å². The molecule has 0 heterocycles. The summed E-state index contributed by atoms with van der Waals surface area (Å²) >= 11 is 12.3. The Morgan fingerprint density at radius 1 is 1.15 bits per heavy atom. The predicted molar refractivity (Wildman–Crippen MR) is 63.5 cm³/mol. The SMILES string of the molecule is C[SiH](C)O[Si](Cl)(Cl)c1ccccc1. The molecule has 1 aromatic carbocycles. The van der Waals surface area contributed by atoms with Crippen molar-refractivity contribution in [3.63, 3.8) is 0 Å². The zero-order valence-corrected chi connectivity index (χ0v) is 11.3. The normalized spacial score (nSPS) is 12.1. The van der Waals surface area contributed by atoms with Gasteiger partial charge in [-0.3, -0.25) is 0 Å². The number of benzene rings is 1. The van der Waals surface area contributed by atoms with Gasteiger partial charge in [-0.2, -0.15) is 0 Å². The molecule has 0 N–H and O–H groups in total. The summed E-state index contributed by atoms with van der Waals surface area (Å²) < 4.78 is 5.63. The monoisotopic (exact) mass is 250 g/mol. The van der Waals surface area contributed by atoms with E-state index in [1.807, 2.05) is 30.3 Å². The standard InChI is InChI=1S/C8H12Cl2OSi2/c1-12(2)11-13(9,10)8-6-4-3-5-7-8/h3-7,12H,1-2H3.